The van der Waals surface area contributed by atoms with Crippen LogP contribution in [0, 0.1) is 5.82 Å². The van der Waals surface area contributed by atoms with Gasteiger partial charge in [-0.3, -0.25) is 0 Å². The minimum absolute atomic E-state index is 0.149. The van der Waals surface area contributed by atoms with Crippen LogP contribution in [0.5, 0.6) is 0 Å². The summed E-state index contributed by atoms with van der Waals surface area (Å²) < 4.78 is 13.1. The van der Waals surface area contributed by atoms with Gasteiger partial charge in [-0.25, -0.2) is 4.39 Å². The Kier molecular flexibility index (Phi) is 5.47. The van der Waals surface area contributed by atoms with E-state index in [0.29, 0.717) is 0 Å². The smallest absolute Gasteiger partial charge is 0.173 e. The number of piperazine rings is 1. The second-order valence-corrected chi connectivity index (χ2v) is 8.09. The van der Waals surface area contributed by atoms with E-state index in [1.807, 2.05) is 12.1 Å². The van der Waals surface area contributed by atoms with Gasteiger partial charge in [-0.05, 0) is 59.6 Å². The van der Waals surface area contributed by atoms with Gasteiger partial charge < -0.3 is 15.1 Å². The molecule has 0 unspecified atom stereocenters. The number of benzene rings is 2. The zero-order valence-electron chi connectivity index (χ0n) is 15.6. The molecule has 26 heavy (non-hydrogen) atoms. The summed E-state index contributed by atoms with van der Waals surface area (Å²) >= 11 is 5.58. The van der Waals surface area contributed by atoms with Crippen molar-refractivity contribution in [1.82, 2.24) is 4.90 Å². The molecule has 138 valence electrons. The average Bonchev–Trinajstić information content (AvgIpc) is 2.62. The van der Waals surface area contributed by atoms with Gasteiger partial charge in [-0.1, -0.05) is 32.9 Å². The van der Waals surface area contributed by atoms with Crippen LogP contribution in [0.15, 0.2) is 48.5 Å². The highest BCUT2D eigenvalue weighted by molar-refractivity contribution is 7.80. The molecule has 0 saturated carbocycles. The van der Waals surface area contributed by atoms with Crippen LogP contribution in [0.1, 0.15) is 26.3 Å². The molecule has 3 rings (SSSR count). The van der Waals surface area contributed by atoms with Crippen molar-refractivity contribution in [2.45, 2.75) is 26.2 Å². The van der Waals surface area contributed by atoms with E-state index in [2.05, 4.69) is 60.2 Å². The quantitative estimate of drug-likeness (QED) is 0.775. The third-order valence-electron chi connectivity index (χ3n) is 4.76. The number of thiocarbonyl (C=S) groups is 1. The summed E-state index contributed by atoms with van der Waals surface area (Å²) in [5, 5.41) is 4.10. The normalized spacial score (nSPS) is 15.1. The summed E-state index contributed by atoms with van der Waals surface area (Å²) in [6.45, 7) is 10.1. The molecule has 1 N–H and O–H groups in total. The fourth-order valence-corrected chi connectivity index (χ4v) is 3.38. The van der Waals surface area contributed by atoms with E-state index >= 15 is 0 Å². The van der Waals surface area contributed by atoms with E-state index in [9.17, 15) is 4.39 Å². The molecule has 0 amide bonds. The maximum Gasteiger partial charge on any atom is 0.173 e. The molecule has 3 nitrogen and oxygen atoms in total. The Balaban J connectivity index is 1.54. The Bertz CT molecular complexity index is 742. The molecule has 1 saturated heterocycles. The van der Waals surface area contributed by atoms with Crippen molar-refractivity contribution in [2.24, 2.45) is 0 Å². The summed E-state index contributed by atoms with van der Waals surface area (Å²) in [6.07, 6.45) is 0. The van der Waals surface area contributed by atoms with Crippen LogP contribution in [0.3, 0.4) is 0 Å². The summed E-state index contributed by atoms with van der Waals surface area (Å²) in [4.78, 5) is 4.45. The molecule has 0 atom stereocenters. The third-order valence-corrected chi connectivity index (χ3v) is 5.12. The Labute approximate surface area is 160 Å². The van der Waals surface area contributed by atoms with Gasteiger partial charge in [0, 0.05) is 37.6 Å². The van der Waals surface area contributed by atoms with Crippen LogP contribution < -0.4 is 10.2 Å². The number of nitrogens with one attached hydrogen (secondary N) is 1. The zero-order valence-corrected chi connectivity index (χ0v) is 16.4. The lowest BCUT2D eigenvalue weighted by atomic mass is 9.87. The number of anilines is 2. The molecule has 1 heterocycles. The Morgan fingerprint density at radius 2 is 1.50 bits per heavy atom. The van der Waals surface area contributed by atoms with Crippen molar-refractivity contribution in [3.05, 3.63) is 59.9 Å². The standard InChI is InChI=1S/C21H26FN3S/c1-21(2,3)16-4-8-18(9-5-16)23-20(26)25-14-12-24(13-15-25)19-10-6-17(22)7-11-19/h4-11H,12-15H2,1-3H3,(H,23,26). The van der Waals surface area contributed by atoms with Crippen LogP contribution in [-0.4, -0.2) is 36.2 Å². The lowest BCUT2D eigenvalue weighted by molar-refractivity contribution is 0.391. The monoisotopic (exact) mass is 371 g/mol. The van der Waals surface area contributed by atoms with Crippen LogP contribution >= 0.6 is 12.2 Å². The first kappa shape index (κ1) is 18.6. The summed E-state index contributed by atoms with van der Waals surface area (Å²) in [6, 6.07) is 15.2. The fraction of sp³-hybridized carbons (Fsp3) is 0.381. The predicted octanol–water partition coefficient (Wildman–Crippen LogP) is 4.64. The van der Waals surface area contributed by atoms with Crippen molar-refractivity contribution >= 4 is 28.7 Å². The zero-order chi connectivity index (χ0) is 18.7. The average molecular weight is 372 g/mol. The number of hydrogen-bond acceptors (Lipinski definition) is 2. The first-order chi connectivity index (χ1) is 12.3. The van der Waals surface area contributed by atoms with Crippen molar-refractivity contribution in [1.29, 1.82) is 0 Å². The van der Waals surface area contributed by atoms with Gasteiger partial charge in [0.2, 0.25) is 0 Å². The van der Waals surface area contributed by atoms with Gasteiger partial charge >= 0.3 is 0 Å². The van der Waals surface area contributed by atoms with Crippen LogP contribution in [0.2, 0.25) is 0 Å². The van der Waals surface area contributed by atoms with E-state index < -0.39 is 0 Å². The lowest BCUT2D eigenvalue weighted by Gasteiger charge is -2.37. The van der Waals surface area contributed by atoms with Gasteiger partial charge in [0.15, 0.2) is 5.11 Å². The first-order valence-electron chi connectivity index (χ1n) is 9.00. The Hall–Kier alpha value is -2.14. The van der Waals surface area contributed by atoms with E-state index in [1.54, 1.807) is 0 Å². The van der Waals surface area contributed by atoms with Crippen LogP contribution in [0.25, 0.3) is 0 Å². The minimum atomic E-state index is -0.199. The van der Waals surface area contributed by atoms with Gasteiger partial charge in [-0.15, -0.1) is 0 Å². The lowest BCUT2D eigenvalue weighted by Crippen LogP contribution is -2.50. The van der Waals surface area contributed by atoms with E-state index in [4.69, 9.17) is 12.2 Å². The highest BCUT2D eigenvalue weighted by atomic mass is 32.1. The predicted molar refractivity (Wildman–Crippen MR) is 112 cm³/mol. The molecular weight excluding hydrogens is 345 g/mol. The number of nitrogens with zero attached hydrogens (tertiary/aromatic N) is 2. The maximum atomic E-state index is 13.1. The molecule has 0 radical (unpaired) electrons. The summed E-state index contributed by atoms with van der Waals surface area (Å²) in [5.41, 5.74) is 3.53. The van der Waals surface area contributed by atoms with Gasteiger partial charge in [0.1, 0.15) is 5.82 Å². The molecule has 1 fully saturated rings. The molecule has 2 aromatic rings. The highest BCUT2D eigenvalue weighted by Gasteiger charge is 2.19. The van der Waals surface area contributed by atoms with Crippen LogP contribution in [0.4, 0.5) is 15.8 Å². The highest BCUT2D eigenvalue weighted by Crippen LogP contribution is 2.24. The van der Waals surface area contributed by atoms with Crippen LogP contribution in [-0.2, 0) is 5.41 Å². The second-order valence-electron chi connectivity index (χ2n) is 7.71. The summed E-state index contributed by atoms with van der Waals surface area (Å²) in [7, 11) is 0. The van der Waals surface area contributed by atoms with E-state index in [0.717, 1.165) is 42.7 Å². The third kappa shape index (κ3) is 4.52. The summed E-state index contributed by atoms with van der Waals surface area (Å²) in [5.74, 6) is -0.199. The van der Waals surface area contributed by atoms with E-state index in [-0.39, 0.29) is 11.2 Å². The van der Waals surface area contributed by atoms with Gasteiger partial charge in [-0.2, -0.15) is 0 Å². The van der Waals surface area contributed by atoms with E-state index in [1.165, 1.54) is 17.7 Å². The molecule has 0 aliphatic carbocycles. The molecular formula is C21H26FN3S. The van der Waals surface area contributed by atoms with Crippen molar-refractivity contribution in [3.63, 3.8) is 0 Å². The number of halogens is 1. The van der Waals surface area contributed by atoms with Gasteiger partial charge in [0.25, 0.3) is 0 Å². The molecule has 1 aliphatic rings. The molecule has 5 heteroatoms. The maximum absolute atomic E-state index is 13.1. The molecule has 2 aromatic carbocycles. The molecule has 0 spiro atoms. The molecule has 1 aliphatic heterocycles. The minimum Gasteiger partial charge on any atom is -0.368 e. The topological polar surface area (TPSA) is 18.5 Å². The molecule has 0 aromatic heterocycles. The molecule has 0 bridgehead atoms. The van der Waals surface area contributed by atoms with Gasteiger partial charge in [0.05, 0.1) is 0 Å². The largest absolute Gasteiger partial charge is 0.368 e. The number of rotatable bonds is 2. The van der Waals surface area contributed by atoms with Crippen molar-refractivity contribution < 1.29 is 4.39 Å². The second kappa shape index (κ2) is 7.62. The first-order valence-corrected chi connectivity index (χ1v) is 9.41. The van der Waals surface area contributed by atoms with Crippen molar-refractivity contribution in [2.75, 3.05) is 36.4 Å². The SMILES string of the molecule is CC(C)(C)c1ccc(NC(=S)N2CCN(c3ccc(F)cc3)CC2)cc1. The van der Waals surface area contributed by atoms with Crippen molar-refractivity contribution in [3.8, 4) is 0 Å². The Morgan fingerprint density at radius 1 is 0.923 bits per heavy atom. The number of hydrogen-bond donors (Lipinski definition) is 1. The Morgan fingerprint density at radius 3 is 2.04 bits per heavy atom. The fourth-order valence-electron chi connectivity index (χ4n) is 3.08.